The summed E-state index contributed by atoms with van der Waals surface area (Å²) in [6.45, 7) is 1.78. The number of nitro groups is 1. The molecule has 0 saturated heterocycles. The van der Waals surface area contributed by atoms with Crippen molar-refractivity contribution in [3.63, 3.8) is 0 Å². The summed E-state index contributed by atoms with van der Waals surface area (Å²) in [5.74, 6) is 0.0878. The summed E-state index contributed by atoms with van der Waals surface area (Å²) in [6, 6.07) is 7.22. The third kappa shape index (κ3) is 3.00. The second-order valence-corrected chi connectivity index (χ2v) is 4.21. The highest BCUT2D eigenvalue weighted by Crippen LogP contribution is 2.24. The number of nitrogens with zero attached hydrogens (tertiary/aromatic N) is 2. The molecule has 0 unspecified atom stereocenters. The Morgan fingerprint density at radius 3 is 2.55 bits per heavy atom. The molecular formula is C13H13FN4O2. The monoisotopic (exact) mass is 276 g/mol. The van der Waals surface area contributed by atoms with E-state index in [2.05, 4.69) is 15.6 Å². The molecule has 1 heterocycles. The Balaban J connectivity index is 2.37. The maximum atomic E-state index is 13.7. The minimum absolute atomic E-state index is 0.126. The summed E-state index contributed by atoms with van der Waals surface area (Å²) < 4.78 is 13.7. The summed E-state index contributed by atoms with van der Waals surface area (Å²) in [7, 11) is 1.60. The van der Waals surface area contributed by atoms with Gasteiger partial charge in [-0.1, -0.05) is 6.07 Å². The van der Waals surface area contributed by atoms with Crippen molar-refractivity contribution in [2.24, 2.45) is 0 Å². The van der Waals surface area contributed by atoms with Gasteiger partial charge in [0, 0.05) is 7.05 Å². The van der Waals surface area contributed by atoms with E-state index in [0.29, 0.717) is 5.82 Å². The van der Waals surface area contributed by atoms with Gasteiger partial charge in [0.1, 0.15) is 17.5 Å². The van der Waals surface area contributed by atoms with Gasteiger partial charge >= 0.3 is 0 Å². The van der Waals surface area contributed by atoms with Gasteiger partial charge in [-0.15, -0.1) is 0 Å². The minimum Gasteiger partial charge on any atom is -0.373 e. The third-order valence-corrected chi connectivity index (χ3v) is 2.66. The second-order valence-electron chi connectivity index (χ2n) is 4.21. The first kappa shape index (κ1) is 13.7. The Bertz CT molecular complexity index is 661. The Hall–Kier alpha value is -2.70. The van der Waals surface area contributed by atoms with Gasteiger partial charge in [-0.05, 0) is 24.6 Å². The lowest BCUT2D eigenvalue weighted by atomic mass is 10.2. The van der Waals surface area contributed by atoms with Crippen LogP contribution in [0.2, 0.25) is 0 Å². The van der Waals surface area contributed by atoms with Gasteiger partial charge in [0.05, 0.1) is 22.7 Å². The van der Waals surface area contributed by atoms with Gasteiger partial charge in [-0.3, -0.25) is 10.1 Å². The van der Waals surface area contributed by atoms with Gasteiger partial charge in [0.25, 0.3) is 5.69 Å². The van der Waals surface area contributed by atoms with Gasteiger partial charge in [0.15, 0.2) is 0 Å². The van der Waals surface area contributed by atoms with E-state index in [1.54, 1.807) is 26.1 Å². The molecule has 0 fully saturated rings. The van der Waals surface area contributed by atoms with E-state index >= 15 is 0 Å². The van der Waals surface area contributed by atoms with Crippen LogP contribution in [0.25, 0.3) is 0 Å². The van der Waals surface area contributed by atoms with Crippen molar-refractivity contribution in [2.45, 2.75) is 6.92 Å². The van der Waals surface area contributed by atoms with Crippen molar-refractivity contribution in [3.8, 4) is 0 Å². The summed E-state index contributed by atoms with van der Waals surface area (Å²) in [4.78, 5) is 14.4. The summed E-state index contributed by atoms with van der Waals surface area (Å²) in [5.41, 5.74) is 0.876. The Morgan fingerprint density at radius 1 is 1.25 bits per heavy atom. The molecule has 2 aromatic rings. The molecule has 7 heteroatoms. The summed E-state index contributed by atoms with van der Waals surface area (Å²) >= 11 is 0. The van der Waals surface area contributed by atoms with Crippen molar-refractivity contribution >= 4 is 23.0 Å². The van der Waals surface area contributed by atoms with Gasteiger partial charge in [-0.25, -0.2) is 9.37 Å². The van der Waals surface area contributed by atoms with Crippen LogP contribution >= 0.6 is 0 Å². The van der Waals surface area contributed by atoms with Crippen molar-refractivity contribution in [3.05, 3.63) is 51.8 Å². The van der Waals surface area contributed by atoms with E-state index in [9.17, 15) is 14.5 Å². The lowest BCUT2D eigenvalue weighted by Gasteiger charge is -2.09. The first-order chi connectivity index (χ1) is 9.49. The normalized spacial score (nSPS) is 10.2. The number of hydrogen-bond donors (Lipinski definition) is 2. The van der Waals surface area contributed by atoms with Crippen LogP contribution in [0.3, 0.4) is 0 Å². The zero-order valence-electron chi connectivity index (χ0n) is 11.0. The predicted molar refractivity (Wildman–Crippen MR) is 74.9 cm³/mol. The lowest BCUT2D eigenvalue weighted by molar-refractivity contribution is -0.384. The van der Waals surface area contributed by atoms with Crippen LogP contribution in [0.1, 0.15) is 5.56 Å². The number of halogens is 1. The molecule has 0 amide bonds. The highest BCUT2D eigenvalue weighted by Gasteiger charge is 2.12. The number of rotatable bonds is 4. The van der Waals surface area contributed by atoms with Crippen LogP contribution in [-0.2, 0) is 0 Å². The maximum absolute atomic E-state index is 13.7. The second kappa shape index (κ2) is 5.52. The average molecular weight is 276 g/mol. The number of hydrogen-bond acceptors (Lipinski definition) is 5. The molecule has 1 aromatic carbocycles. The number of pyridine rings is 1. The van der Waals surface area contributed by atoms with Crippen molar-refractivity contribution in [1.29, 1.82) is 0 Å². The highest BCUT2D eigenvalue weighted by molar-refractivity contribution is 5.62. The molecule has 2 N–H and O–H groups in total. The number of aryl methyl sites for hydroxylation is 1. The molecule has 104 valence electrons. The molecule has 2 rings (SSSR count). The van der Waals surface area contributed by atoms with E-state index in [-0.39, 0.29) is 17.2 Å². The molecule has 0 bridgehead atoms. The molecule has 0 saturated carbocycles. The fourth-order valence-electron chi connectivity index (χ4n) is 1.67. The van der Waals surface area contributed by atoms with Gasteiger partial charge in [0.2, 0.25) is 0 Å². The molecule has 0 spiro atoms. The van der Waals surface area contributed by atoms with Crippen LogP contribution in [0, 0.1) is 22.9 Å². The highest BCUT2D eigenvalue weighted by atomic mass is 19.1. The van der Waals surface area contributed by atoms with E-state index in [0.717, 1.165) is 5.56 Å². The molecular weight excluding hydrogens is 263 g/mol. The van der Waals surface area contributed by atoms with Gasteiger partial charge in [-0.2, -0.15) is 0 Å². The van der Waals surface area contributed by atoms with Crippen LogP contribution < -0.4 is 10.6 Å². The molecule has 0 aliphatic rings. The predicted octanol–water partition coefficient (Wildman–Crippen LogP) is 3.22. The fraction of sp³-hybridized carbons (Fsp3) is 0.154. The third-order valence-electron chi connectivity index (χ3n) is 2.66. The first-order valence-electron chi connectivity index (χ1n) is 5.87. The van der Waals surface area contributed by atoms with Crippen molar-refractivity contribution < 1.29 is 9.31 Å². The molecule has 0 aliphatic heterocycles. The molecule has 6 nitrogen and oxygen atoms in total. The molecule has 0 radical (unpaired) electrons. The Morgan fingerprint density at radius 2 is 1.95 bits per heavy atom. The van der Waals surface area contributed by atoms with Gasteiger partial charge < -0.3 is 10.6 Å². The molecule has 1 aromatic heterocycles. The number of benzene rings is 1. The first-order valence-corrected chi connectivity index (χ1v) is 5.87. The summed E-state index contributed by atoms with van der Waals surface area (Å²) in [6.07, 6.45) is 0. The zero-order valence-corrected chi connectivity index (χ0v) is 11.0. The smallest absolute Gasteiger partial charge is 0.276 e. The van der Waals surface area contributed by atoms with Crippen molar-refractivity contribution in [1.82, 2.24) is 4.98 Å². The lowest BCUT2D eigenvalue weighted by Crippen LogP contribution is -2.01. The van der Waals surface area contributed by atoms with Crippen LogP contribution in [-0.4, -0.2) is 17.0 Å². The molecule has 0 aliphatic carbocycles. The molecule has 0 atom stereocenters. The zero-order chi connectivity index (χ0) is 14.7. The van der Waals surface area contributed by atoms with E-state index in [4.69, 9.17) is 0 Å². The van der Waals surface area contributed by atoms with E-state index in [1.165, 1.54) is 18.2 Å². The Kier molecular flexibility index (Phi) is 3.79. The SMILES string of the molecule is CNc1cc([N+](=O)[O-])cc(Nc2ccc(C)cc2F)n1. The standard InChI is InChI=1S/C13H13FN4O2/c1-8-3-4-11(10(14)5-8)16-13-7-9(18(19)20)6-12(15-2)17-13/h3-7H,1-2H3,(H2,15,16,17). The van der Waals surface area contributed by atoms with Crippen molar-refractivity contribution in [2.75, 3.05) is 17.7 Å². The topological polar surface area (TPSA) is 80.1 Å². The molecule has 20 heavy (non-hydrogen) atoms. The average Bonchev–Trinajstić information content (AvgIpc) is 2.41. The number of aromatic nitrogens is 1. The number of nitrogens with one attached hydrogen (secondary N) is 2. The minimum atomic E-state index is -0.529. The van der Waals surface area contributed by atoms with Crippen LogP contribution in [0.5, 0.6) is 0 Å². The largest absolute Gasteiger partial charge is 0.373 e. The van der Waals surface area contributed by atoms with Crippen LogP contribution in [0.15, 0.2) is 30.3 Å². The quantitative estimate of drug-likeness (QED) is 0.662. The fourth-order valence-corrected chi connectivity index (χ4v) is 1.67. The number of anilines is 3. The van der Waals surface area contributed by atoms with Crippen LogP contribution in [0.4, 0.5) is 27.4 Å². The van der Waals surface area contributed by atoms with E-state index < -0.39 is 10.7 Å². The maximum Gasteiger partial charge on any atom is 0.276 e. The Labute approximate surface area is 114 Å². The van der Waals surface area contributed by atoms with E-state index in [1.807, 2.05) is 0 Å². The summed E-state index contributed by atoms with van der Waals surface area (Å²) in [5, 5.41) is 16.3.